The van der Waals surface area contributed by atoms with Crippen molar-refractivity contribution in [3.63, 3.8) is 0 Å². The molecule has 0 spiro atoms. The van der Waals surface area contributed by atoms with E-state index in [0.717, 1.165) is 6.42 Å². The molecule has 1 aliphatic carbocycles. The van der Waals surface area contributed by atoms with Crippen LogP contribution in [0.3, 0.4) is 0 Å². The molecule has 0 radical (unpaired) electrons. The van der Waals surface area contributed by atoms with Gasteiger partial charge in [-0.2, -0.15) is 0 Å². The second-order valence-electron chi connectivity index (χ2n) is 6.81. The Hall–Kier alpha value is -1.34. The predicted molar refractivity (Wildman–Crippen MR) is 93.1 cm³/mol. The summed E-state index contributed by atoms with van der Waals surface area (Å²) in [6.45, 7) is 12.8. The first-order valence-electron chi connectivity index (χ1n) is 7.78. The van der Waals surface area contributed by atoms with Crippen molar-refractivity contribution < 1.29 is 5.11 Å². The van der Waals surface area contributed by atoms with Gasteiger partial charge in [0, 0.05) is 5.92 Å². The smallest absolute Gasteiger partial charge is 0.0729 e. The average molecular weight is 286 g/mol. The molecule has 0 aliphatic heterocycles. The van der Waals surface area contributed by atoms with E-state index in [1.807, 2.05) is 13.0 Å². The zero-order valence-corrected chi connectivity index (χ0v) is 14.4. The van der Waals surface area contributed by atoms with Crippen LogP contribution in [0.2, 0.25) is 0 Å². The lowest BCUT2D eigenvalue weighted by molar-refractivity contribution is 0.117. The van der Waals surface area contributed by atoms with Gasteiger partial charge in [0.15, 0.2) is 0 Å². The molecule has 0 aromatic carbocycles. The van der Waals surface area contributed by atoms with Gasteiger partial charge in [-0.3, -0.25) is 0 Å². The van der Waals surface area contributed by atoms with Crippen LogP contribution in [0.1, 0.15) is 48.0 Å². The Morgan fingerprint density at radius 1 is 1.24 bits per heavy atom. The summed E-state index contributed by atoms with van der Waals surface area (Å²) < 4.78 is 0. The maximum absolute atomic E-state index is 9.88. The van der Waals surface area contributed by atoms with Crippen molar-refractivity contribution in [2.45, 2.75) is 54.1 Å². The highest BCUT2D eigenvalue weighted by Gasteiger charge is 2.34. The van der Waals surface area contributed by atoms with Crippen LogP contribution in [0.5, 0.6) is 0 Å². The van der Waals surface area contributed by atoms with E-state index in [2.05, 4.69) is 71.1 Å². The van der Waals surface area contributed by atoms with Crippen LogP contribution in [-0.4, -0.2) is 11.2 Å². The zero-order valence-electron chi connectivity index (χ0n) is 14.4. The van der Waals surface area contributed by atoms with Gasteiger partial charge in [-0.15, -0.1) is 0 Å². The zero-order chi connectivity index (χ0) is 16.0. The molecule has 0 bridgehead atoms. The van der Waals surface area contributed by atoms with Crippen LogP contribution in [0.15, 0.2) is 59.3 Å². The van der Waals surface area contributed by atoms with Crippen LogP contribution >= 0.6 is 0 Å². The molecule has 0 aromatic heterocycles. The molecular weight excluding hydrogens is 256 g/mol. The minimum atomic E-state index is -0.298. The third kappa shape index (κ3) is 5.51. The number of allylic oxidation sites excluding steroid dienone is 9. The van der Waals surface area contributed by atoms with Crippen molar-refractivity contribution in [1.29, 1.82) is 0 Å². The van der Waals surface area contributed by atoms with Crippen LogP contribution in [0, 0.1) is 11.3 Å². The lowest BCUT2D eigenvalue weighted by Crippen LogP contribution is -2.32. The summed E-state index contributed by atoms with van der Waals surface area (Å²) in [7, 11) is 0. The van der Waals surface area contributed by atoms with E-state index < -0.39 is 0 Å². The van der Waals surface area contributed by atoms with Gasteiger partial charge in [0.25, 0.3) is 0 Å². The fraction of sp³-hybridized carbons (Fsp3) is 0.500. The quantitative estimate of drug-likeness (QED) is 0.544. The molecule has 1 heteroatoms. The van der Waals surface area contributed by atoms with Crippen LogP contribution in [-0.2, 0) is 0 Å². The molecular formula is C20H30O. The normalized spacial score (nSPS) is 27.5. The predicted octanol–water partition coefficient (Wildman–Crippen LogP) is 5.36. The summed E-state index contributed by atoms with van der Waals surface area (Å²) in [6.07, 6.45) is 15.4. The molecule has 2 atom stereocenters. The lowest BCUT2D eigenvalue weighted by atomic mass is 9.67. The van der Waals surface area contributed by atoms with Crippen LogP contribution in [0.25, 0.3) is 0 Å². The van der Waals surface area contributed by atoms with E-state index in [1.165, 1.54) is 16.7 Å². The fourth-order valence-electron chi connectivity index (χ4n) is 2.91. The minimum absolute atomic E-state index is 0.104. The second kappa shape index (κ2) is 7.61. The maximum Gasteiger partial charge on any atom is 0.0729 e. The van der Waals surface area contributed by atoms with E-state index in [9.17, 15) is 5.11 Å². The Bertz CT molecular complexity index is 498. The van der Waals surface area contributed by atoms with E-state index in [1.54, 1.807) is 0 Å². The van der Waals surface area contributed by atoms with E-state index >= 15 is 0 Å². The largest absolute Gasteiger partial charge is 0.389 e. The first-order chi connectivity index (χ1) is 9.76. The molecule has 1 aliphatic rings. The standard InChI is InChI=1S/C20H30O/c1-7-15(2)9-8-10-16(3)11-12-19-17(4)13-18(21)14-20(19,5)6/h7-13,18-19,21H,14H2,1-6H3/t18-,19-/m0/s1. The van der Waals surface area contributed by atoms with Gasteiger partial charge in [-0.05, 0) is 39.5 Å². The first kappa shape index (κ1) is 17.7. The molecule has 1 nitrogen and oxygen atoms in total. The fourth-order valence-corrected chi connectivity index (χ4v) is 2.91. The third-order valence-corrected chi connectivity index (χ3v) is 4.25. The van der Waals surface area contributed by atoms with Gasteiger partial charge in [-0.1, -0.05) is 73.1 Å². The maximum atomic E-state index is 9.88. The number of aliphatic hydroxyl groups is 1. The number of hydrogen-bond donors (Lipinski definition) is 1. The molecule has 1 rings (SSSR count). The topological polar surface area (TPSA) is 20.2 Å². The van der Waals surface area contributed by atoms with Crippen molar-refractivity contribution in [3.05, 3.63) is 59.3 Å². The Morgan fingerprint density at radius 3 is 2.48 bits per heavy atom. The Morgan fingerprint density at radius 2 is 1.90 bits per heavy atom. The summed E-state index contributed by atoms with van der Waals surface area (Å²) >= 11 is 0. The van der Waals surface area contributed by atoms with Gasteiger partial charge < -0.3 is 5.11 Å². The van der Waals surface area contributed by atoms with E-state index in [0.29, 0.717) is 5.92 Å². The molecule has 21 heavy (non-hydrogen) atoms. The van der Waals surface area contributed by atoms with Crippen molar-refractivity contribution in [2.75, 3.05) is 0 Å². The van der Waals surface area contributed by atoms with Gasteiger partial charge in [0.1, 0.15) is 0 Å². The summed E-state index contributed by atoms with van der Waals surface area (Å²) in [6, 6.07) is 0. The molecule has 0 heterocycles. The van der Waals surface area contributed by atoms with Gasteiger partial charge in [-0.25, -0.2) is 0 Å². The van der Waals surface area contributed by atoms with E-state index in [4.69, 9.17) is 0 Å². The average Bonchev–Trinajstić information content (AvgIpc) is 2.36. The Kier molecular flexibility index (Phi) is 6.42. The van der Waals surface area contributed by atoms with Crippen molar-refractivity contribution in [3.8, 4) is 0 Å². The highest BCUT2D eigenvalue weighted by atomic mass is 16.3. The molecule has 1 N–H and O–H groups in total. The second-order valence-corrected chi connectivity index (χ2v) is 6.81. The van der Waals surface area contributed by atoms with Gasteiger partial charge in [0.05, 0.1) is 6.10 Å². The number of rotatable bonds is 4. The third-order valence-electron chi connectivity index (χ3n) is 4.25. The summed E-state index contributed by atoms with van der Waals surface area (Å²) in [5.74, 6) is 0.394. The highest BCUT2D eigenvalue weighted by molar-refractivity contribution is 5.29. The van der Waals surface area contributed by atoms with E-state index in [-0.39, 0.29) is 11.5 Å². The molecule has 0 saturated heterocycles. The van der Waals surface area contributed by atoms with Crippen molar-refractivity contribution >= 4 is 0 Å². The summed E-state index contributed by atoms with van der Waals surface area (Å²) in [5.41, 5.74) is 3.88. The van der Waals surface area contributed by atoms with Crippen molar-refractivity contribution in [2.24, 2.45) is 11.3 Å². The first-order valence-corrected chi connectivity index (χ1v) is 7.78. The minimum Gasteiger partial charge on any atom is -0.389 e. The highest BCUT2D eigenvalue weighted by Crippen LogP contribution is 2.41. The summed E-state index contributed by atoms with van der Waals surface area (Å²) in [4.78, 5) is 0. The molecule has 116 valence electrons. The van der Waals surface area contributed by atoms with Gasteiger partial charge >= 0.3 is 0 Å². The van der Waals surface area contributed by atoms with Gasteiger partial charge in [0.2, 0.25) is 0 Å². The van der Waals surface area contributed by atoms with Crippen LogP contribution in [0.4, 0.5) is 0 Å². The number of hydrogen-bond acceptors (Lipinski definition) is 1. The summed E-state index contributed by atoms with van der Waals surface area (Å²) in [5, 5.41) is 9.88. The monoisotopic (exact) mass is 286 g/mol. The van der Waals surface area contributed by atoms with Crippen LogP contribution < -0.4 is 0 Å². The Labute approximate surface area is 130 Å². The number of aliphatic hydroxyl groups excluding tert-OH is 1. The molecule has 0 fully saturated rings. The molecule has 0 amide bonds. The SMILES string of the molecule is CC=C(C)C=CC=C(C)C=C[C@H]1C(C)=C[C@H](O)CC1(C)C. The molecule has 0 unspecified atom stereocenters. The lowest BCUT2D eigenvalue weighted by Gasteiger charge is -2.38. The molecule has 0 aromatic rings. The Balaban J connectivity index is 2.81. The van der Waals surface area contributed by atoms with Crippen molar-refractivity contribution in [1.82, 2.24) is 0 Å². The molecule has 0 saturated carbocycles.